The number of nitrogens with two attached hydrogens (primary N) is 1. The van der Waals surface area contributed by atoms with Crippen molar-refractivity contribution >= 4 is 38.4 Å². The average molecular weight is 477 g/mol. The highest BCUT2D eigenvalue weighted by Crippen LogP contribution is 2.26. The Morgan fingerprint density at radius 2 is 2.00 bits per heavy atom. The Morgan fingerprint density at radius 3 is 2.72 bits per heavy atom. The molecule has 1 amide bonds. The lowest BCUT2D eigenvalue weighted by Gasteiger charge is -2.14. The molecule has 0 radical (unpaired) electrons. The van der Waals surface area contributed by atoms with Crippen LogP contribution in [0.3, 0.4) is 0 Å². The average Bonchev–Trinajstić information content (AvgIpc) is 3.40. The highest BCUT2D eigenvalue weighted by Gasteiger charge is 2.20. The van der Waals surface area contributed by atoms with E-state index in [0.29, 0.717) is 34.5 Å². The molecule has 3 rings (SSSR count). The van der Waals surface area contributed by atoms with Gasteiger partial charge in [-0.15, -0.1) is 11.3 Å². The van der Waals surface area contributed by atoms with Gasteiger partial charge in [-0.3, -0.25) is 4.79 Å². The SMILES string of the molecule is CC(=O)NCc1ccc(-c2csc(NC(N)=NCc3ccccc3S(=O)(=O)N(C)C)n2)o1. The lowest BCUT2D eigenvalue weighted by Crippen LogP contribution is -2.24. The summed E-state index contributed by atoms with van der Waals surface area (Å²) in [6.45, 7) is 1.83. The molecule has 0 aliphatic heterocycles. The van der Waals surface area contributed by atoms with Crippen LogP contribution >= 0.6 is 11.3 Å². The van der Waals surface area contributed by atoms with Crippen LogP contribution in [0.2, 0.25) is 0 Å². The quantitative estimate of drug-likeness (QED) is 0.334. The Hall–Kier alpha value is -3.22. The molecule has 0 bridgehead atoms. The smallest absolute Gasteiger partial charge is 0.242 e. The van der Waals surface area contributed by atoms with Crippen LogP contribution in [0.1, 0.15) is 18.2 Å². The Morgan fingerprint density at radius 1 is 1.25 bits per heavy atom. The molecule has 0 saturated heterocycles. The first-order valence-corrected chi connectivity index (χ1v) is 11.8. The van der Waals surface area contributed by atoms with Gasteiger partial charge in [0.2, 0.25) is 15.9 Å². The molecule has 1 aromatic carbocycles. The highest BCUT2D eigenvalue weighted by molar-refractivity contribution is 7.89. The summed E-state index contributed by atoms with van der Waals surface area (Å²) in [5.41, 5.74) is 7.12. The topological polar surface area (TPSA) is 143 Å². The minimum atomic E-state index is -3.59. The Balaban J connectivity index is 1.67. The second-order valence-corrected chi connectivity index (χ2v) is 9.91. The van der Waals surface area contributed by atoms with Gasteiger partial charge in [-0.2, -0.15) is 0 Å². The van der Waals surface area contributed by atoms with Gasteiger partial charge in [0.15, 0.2) is 16.9 Å². The van der Waals surface area contributed by atoms with Crippen LogP contribution in [0.4, 0.5) is 5.13 Å². The largest absolute Gasteiger partial charge is 0.458 e. The Labute approximate surface area is 190 Å². The number of hydrogen-bond donors (Lipinski definition) is 3. The number of guanidine groups is 1. The molecule has 0 atom stereocenters. The molecule has 0 aliphatic carbocycles. The highest BCUT2D eigenvalue weighted by atomic mass is 32.2. The van der Waals surface area contributed by atoms with Crippen molar-refractivity contribution in [3.63, 3.8) is 0 Å². The molecule has 12 heteroatoms. The Bertz CT molecular complexity index is 1230. The third-order valence-electron chi connectivity index (χ3n) is 4.32. The van der Waals surface area contributed by atoms with Crippen LogP contribution in [0.5, 0.6) is 0 Å². The molecule has 2 heterocycles. The van der Waals surface area contributed by atoms with E-state index in [-0.39, 0.29) is 23.3 Å². The van der Waals surface area contributed by atoms with E-state index in [0.717, 1.165) is 4.31 Å². The molecule has 0 aliphatic rings. The van der Waals surface area contributed by atoms with Crippen molar-refractivity contribution in [3.8, 4) is 11.5 Å². The molecule has 0 fully saturated rings. The molecule has 0 saturated carbocycles. The summed E-state index contributed by atoms with van der Waals surface area (Å²) in [5.74, 6) is 1.15. The van der Waals surface area contributed by atoms with Crippen LogP contribution in [0.25, 0.3) is 11.5 Å². The Kier molecular flexibility index (Phi) is 7.28. The zero-order valence-electron chi connectivity index (χ0n) is 17.8. The molecular formula is C20H24N6O4S2. The number of aliphatic imine (C=N–C) groups is 1. The summed E-state index contributed by atoms with van der Waals surface area (Å²) in [6, 6.07) is 10.2. The minimum absolute atomic E-state index is 0.0883. The number of amides is 1. The molecule has 0 unspecified atom stereocenters. The van der Waals surface area contributed by atoms with E-state index in [1.807, 2.05) is 0 Å². The lowest BCUT2D eigenvalue weighted by atomic mass is 10.2. The summed E-state index contributed by atoms with van der Waals surface area (Å²) in [7, 11) is -0.631. The maximum absolute atomic E-state index is 12.5. The fourth-order valence-corrected chi connectivity index (χ4v) is 4.48. The van der Waals surface area contributed by atoms with Crippen molar-refractivity contribution in [1.82, 2.24) is 14.6 Å². The second-order valence-electron chi connectivity index (χ2n) is 6.94. The van der Waals surface area contributed by atoms with Gasteiger partial charge in [-0.1, -0.05) is 18.2 Å². The number of carbonyl (C=O) groups is 1. The standard InChI is InChI=1S/C20H24N6O4S2/c1-13(27)22-11-15-8-9-17(30-15)16-12-31-20(24-16)25-19(21)23-10-14-6-4-5-7-18(14)32(28,29)26(2)3/h4-9,12H,10-11H2,1-3H3,(H,22,27)(H3,21,23,24,25). The number of furan rings is 1. The van der Waals surface area contributed by atoms with E-state index in [1.54, 1.807) is 41.8 Å². The number of aromatic nitrogens is 1. The minimum Gasteiger partial charge on any atom is -0.458 e. The summed E-state index contributed by atoms with van der Waals surface area (Å²) in [6.07, 6.45) is 0. The summed E-state index contributed by atoms with van der Waals surface area (Å²) in [5, 5.41) is 7.89. The first-order chi connectivity index (χ1) is 15.2. The van der Waals surface area contributed by atoms with Crippen molar-refractivity contribution in [2.24, 2.45) is 10.7 Å². The van der Waals surface area contributed by atoms with Gasteiger partial charge in [0.25, 0.3) is 0 Å². The number of rotatable bonds is 8. The summed E-state index contributed by atoms with van der Waals surface area (Å²) < 4.78 is 31.8. The van der Waals surface area contributed by atoms with Crippen LogP contribution in [0.15, 0.2) is 56.1 Å². The second kappa shape index (κ2) is 9.94. The molecule has 170 valence electrons. The van der Waals surface area contributed by atoms with Gasteiger partial charge < -0.3 is 20.8 Å². The number of anilines is 1. The van der Waals surface area contributed by atoms with Crippen molar-refractivity contribution in [2.45, 2.75) is 24.9 Å². The number of sulfonamides is 1. The van der Waals surface area contributed by atoms with E-state index in [2.05, 4.69) is 20.6 Å². The fourth-order valence-electron chi connectivity index (χ4n) is 2.67. The predicted octanol–water partition coefficient (Wildman–Crippen LogP) is 2.22. The number of nitrogens with zero attached hydrogens (tertiary/aromatic N) is 3. The van der Waals surface area contributed by atoms with Crippen LogP contribution in [0, 0.1) is 0 Å². The first-order valence-electron chi connectivity index (χ1n) is 9.53. The number of carbonyl (C=O) groups excluding carboxylic acids is 1. The summed E-state index contributed by atoms with van der Waals surface area (Å²) in [4.78, 5) is 19.9. The first kappa shape index (κ1) is 23.4. The number of nitrogens with one attached hydrogen (secondary N) is 2. The van der Waals surface area contributed by atoms with Crippen molar-refractivity contribution in [2.75, 3.05) is 19.4 Å². The molecule has 4 N–H and O–H groups in total. The van der Waals surface area contributed by atoms with Gasteiger partial charge in [-0.05, 0) is 23.8 Å². The van der Waals surface area contributed by atoms with Gasteiger partial charge >= 0.3 is 0 Å². The van der Waals surface area contributed by atoms with Crippen molar-refractivity contribution in [1.29, 1.82) is 0 Å². The van der Waals surface area contributed by atoms with Crippen molar-refractivity contribution < 1.29 is 17.6 Å². The zero-order valence-corrected chi connectivity index (χ0v) is 19.5. The third kappa shape index (κ3) is 5.72. The van der Waals surface area contributed by atoms with Crippen LogP contribution in [-0.2, 0) is 27.9 Å². The zero-order chi connectivity index (χ0) is 23.3. The maximum atomic E-state index is 12.5. The van der Waals surface area contributed by atoms with E-state index in [4.69, 9.17) is 10.2 Å². The molecule has 0 spiro atoms. The molecule has 32 heavy (non-hydrogen) atoms. The van der Waals surface area contributed by atoms with Gasteiger partial charge in [0, 0.05) is 26.4 Å². The number of benzene rings is 1. The molecule has 3 aromatic rings. The van der Waals surface area contributed by atoms with Crippen molar-refractivity contribution in [3.05, 3.63) is 53.1 Å². The maximum Gasteiger partial charge on any atom is 0.242 e. The monoisotopic (exact) mass is 476 g/mol. The summed E-state index contributed by atoms with van der Waals surface area (Å²) >= 11 is 1.32. The van der Waals surface area contributed by atoms with Gasteiger partial charge in [-0.25, -0.2) is 22.7 Å². The third-order valence-corrected chi connectivity index (χ3v) is 6.99. The number of thiazole rings is 1. The van der Waals surface area contributed by atoms with E-state index in [1.165, 1.54) is 32.4 Å². The predicted molar refractivity (Wildman–Crippen MR) is 124 cm³/mol. The molecular weight excluding hydrogens is 452 g/mol. The van der Waals surface area contributed by atoms with E-state index >= 15 is 0 Å². The number of hydrogen-bond acceptors (Lipinski definition) is 7. The van der Waals surface area contributed by atoms with Gasteiger partial charge in [0.05, 0.1) is 18.0 Å². The van der Waals surface area contributed by atoms with E-state index in [9.17, 15) is 13.2 Å². The molecule has 2 aromatic heterocycles. The van der Waals surface area contributed by atoms with Crippen LogP contribution in [-0.4, -0.2) is 43.7 Å². The molecule has 10 nitrogen and oxygen atoms in total. The normalized spacial score (nSPS) is 12.2. The van der Waals surface area contributed by atoms with Crippen LogP contribution < -0.4 is 16.4 Å². The fraction of sp³-hybridized carbons (Fsp3) is 0.250. The van der Waals surface area contributed by atoms with Gasteiger partial charge in [0.1, 0.15) is 11.5 Å². The van der Waals surface area contributed by atoms with E-state index < -0.39 is 10.0 Å². The lowest BCUT2D eigenvalue weighted by molar-refractivity contribution is -0.119.